The van der Waals surface area contributed by atoms with Crippen molar-refractivity contribution >= 4 is 10.9 Å². The van der Waals surface area contributed by atoms with E-state index in [9.17, 15) is 0 Å². The van der Waals surface area contributed by atoms with Crippen LogP contribution in [0.25, 0.3) is 10.9 Å². The third kappa shape index (κ3) is 2.79. The van der Waals surface area contributed by atoms with Gasteiger partial charge in [0.2, 0.25) is 0 Å². The first-order chi connectivity index (χ1) is 8.74. The fourth-order valence-corrected chi connectivity index (χ4v) is 2.22. The number of fused-ring (bicyclic) bond motifs is 1. The Kier molecular flexibility index (Phi) is 4.15. The molecular formula is C15H20N2O. The van der Waals surface area contributed by atoms with Gasteiger partial charge in [-0.25, -0.2) is 0 Å². The van der Waals surface area contributed by atoms with Crippen molar-refractivity contribution in [2.75, 3.05) is 13.7 Å². The summed E-state index contributed by atoms with van der Waals surface area (Å²) in [6.45, 7) is 2.79. The smallest absolute Gasteiger partial charge is 0.121 e. The van der Waals surface area contributed by atoms with E-state index in [1.807, 2.05) is 19.1 Å². The van der Waals surface area contributed by atoms with Crippen molar-refractivity contribution in [1.29, 1.82) is 0 Å². The molecule has 2 rings (SSSR count). The summed E-state index contributed by atoms with van der Waals surface area (Å²) in [5, 5.41) is 1.22. The first-order valence-electron chi connectivity index (χ1n) is 6.39. The quantitative estimate of drug-likeness (QED) is 0.823. The van der Waals surface area contributed by atoms with Gasteiger partial charge in [-0.1, -0.05) is 0 Å². The molecule has 18 heavy (non-hydrogen) atoms. The predicted molar refractivity (Wildman–Crippen MR) is 75.0 cm³/mol. The SMILES string of the molecule is COc1ccc2c(CCCCN)cc(C)nc2c1. The summed E-state index contributed by atoms with van der Waals surface area (Å²) in [4.78, 5) is 4.57. The van der Waals surface area contributed by atoms with Gasteiger partial charge in [-0.15, -0.1) is 0 Å². The van der Waals surface area contributed by atoms with Gasteiger partial charge < -0.3 is 10.5 Å². The zero-order valence-electron chi connectivity index (χ0n) is 11.1. The van der Waals surface area contributed by atoms with Crippen LogP contribution in [-0.2, 0) is 6.42 Å². The summed E-state index contributed by atoms with van der Waals surface area (Å²) in [7, 11) is 1.68. The number of nitrogens with zero attached hydrogens (tertiary/aromatic N) is 1. The number of nitrogens with two attached hydrogens (primary N) is 1. The fourth-order valence-electron chi connectivity index (χ4n) is 2.22. The van der Waals surface area contributed by atoms with Crippen LogP contribution >= 0.6 is 0 Å². The van der Waals surface area contributed by atoms with E-state index in [0.29, 0.717) is 0 Å². The van der Waals surface area contributed by atoms with Crippen LogP contribution < -0.4 is 10.5 Å². The Morgan fingerprint density at radius 2 is 2.06 bits per heavy atom. The molecular weight excluding hydrogens is 224 g/mol. The van der Waals surface area contributed by atoms with Crippen LogP contribution in [0.5, 0.6) is 5.75 Å². The highest BCUT2D eigenvalue weighted by Gasteiger charge is 2.05. The number of aryl methyl sites for hydroxylation is 2. The lowest BCUT2D eigenvalue weighted by Gasteiger charge is -2.09. The number of benzene rings is 1. The van der Waals surface area contributed by atoms with E-state index in [-0.39, 0.29) is 0 Å². The minimum atomic E-state index is 0.760. The van der Waals surface area contributed by atoms with Crippen LogP contribution in [0.3, 0.4) is 0 Å². The van der Waals surface area contributed by atoms with Gasteiger partial charge >= 0.3 is 0 Å². The summed E-state index contributed by atoms with van der Waals surface area (Å²) in [5.41, 5.74) is 8.96. The molecule has 2 aromatic rings. The minimum Gasteiger partial charge on any atom is -0.497 e. The molecule has 0 spiro atoms. The van der Waals surface area contributed by atoms with Crippen LogP contribution in [0.2, 0.25) is 0 Å². The first-order valence-corrected chi connectivity index (χ1v) is 6.39. The molecule has 0 amide bonds. The average Bonchev–Trinajstić information content (AvgIpc) is 2.38. The topological polar surface area (TPSA) is 48.1 Å². The largest absolute Gasteiger partial charge is 0.497 e. The number of aromatic nitrogens is 1. The number of methoxy groups -OCH3 is 1. The summed E-state index contributed by atoms with van der Waals surface area (Å²) < 4.78 is 5.24. The van der Waals surface area contributed by atoms with E-state index < -0.39 is 0 Å². The van der Waals surface area contributed by atoms with E-state index in [0.717, 1.165) is 42.8 Å². The molecule has 0 bridgehead atoms. The molecule has 0 saturated carbocycles. The van der Waals surface area contributed by atoms with Crippen LogP contribution in [0.1, 0.15) is 24.1 Å². The molecule has 0 aliphatic heterocycles. The number of hydrogen-bond acceptors (Lipinski definition) is 3. The average molecular weight is 244 g/mol. The third-order valence-electron chi connectivity index (χ3n) is 3.13. The first kappa shape index (κ1) is 12.8. The Hall–Kier alpha value is -1.61. The molecule has 0 saturated heterocycles. The third-order valence-corrected chi connectivity index (χ3v) is 3.13. The maximum atomic E-state index is 5.54. The Bertz CT molecular complexity index is 537. The molecule has 2 N–H and O–H groups in total. The second-order valence-corrected chi connectivity index (χ2v) is 4.55. The van der Waals surface area contributed by atoms with Crippen molar-refractivity contribution in [3.63, 3.8) is 0 Å². The van der Waals surface area contributed by atoms with Crippen molar-refractivity contribution < 1.29 is 4.74 Å². The molecule has 0 fully saturated rings. The highest BCUT2D eigenvalue weighted by molar-refractivity contribution is 5.83. The van der Waals surface area contributed by atoms with Gasteiger partial charge in [-0.3, -0.25) is 4.98 Å². The molecule has 3 heteroatoms. The van der Waals surface area contributed by atoms with E-state index in [1.165, 1.54) is 10.9 Å². The van der Waals surface area contributed by atoms with E-state index >= 15 is 0 Å². The summed E-state index contributed by atoms with van der Waals surface area (Å²) >= 11 is 0. The Morgan fingerprint density at radius 3 is 2.78 bits per heavy atom. The molecule has 1 aromatic carbocycles. The van der Waals surface area contributed by atoms with Crippen LogP contribution in [0.15, 0.2) is 24.3 Å². The number of rotatable bonds is 5. The van der Waals surface area contributed by atoms with Gasteiger partial charge in [0.25, 0.3) is 0 Å². The second kappa shape index (κ2) is 5.83. The molecule has 1 aromatic heterocycles. The van der Waals surface area contributed by atoms with E-state index in [1.54, 1.807) is 7.11 Å². The van der Waals surface area contributed by atoms with Gasteiger partial charge in [0, 0.05) is 17.1 Å². The van der Waals surface area contributed by atoms with Crippen molar-refractivity contribution in [3.05, 3.63) is 35.5 Å². The number of unbranched alkanes of at least 4 members (excludes halogenated alkanes) is 1. The molecule has 0 aliphatic carbocycles. The molecule has 0 aliphatic rings. The van der Waals surface area contributed by atoms with E-state index in [4.69, 9.17) is 10.5 Å². The highest BCUT2D eigenvalue weighted by atomic mass is 16.5. The molecule has 0 radical (unpaired) electrons. The lowest BCUT2D eigenvalue weighted by molar-refractivity contribution is 0.415. The number of ether oxygens (including phenoxy) is 1. The van der Waals surface area contributed by atoms with E-state index in [2.05, 4.69) is 17.1 Å². The Balaban J connectivity index is 2.39. The number of pyridine rings is 1. The number of hydrogen-bond donors (Lipinski definition) is 1. The summed E-state index contributed by atoms with van der Waals surface area (Å²) in [6.07, 6.45) is 3.25. The lowest BCUT2D eigenvalue weighted by atomic mass is 10.0. The molecule has 3 nitrogen and oxygen atoms in total. The van der Waals surface area contributed by atoms with Crippen molar-refractivity contribution in [2.45, 2.75) is 26.2 Å². The maximum absolute atomic E-state index is 5.54. The predicted octanol–water partition coefficient (Wildman–Crippen LogP) is 2.83. The monoisotopic (exact) mass is 244 g/mol. The van der Waals surface area contributed by atoms with Gasteiger partial charge in [0.05, 0.1) is 12.6 Å². The second-order valence-electron chi connectivity index (χ2n) is 4.55. The maximum Gasteiger partial charge on any atom is 0.121 e. The Labute approximate surface area is 108 Å². The van der Waals surface area contributed by atoms with Crippen molar-refractivity contribution in [1.82, 2.24) is 4.98 Å². The fraction of sp³-hybridized carbons (Fsp3) is 0.400. The highest BCUT2D eigenvalue weighted by Crippen LogP contribution is 2.24. The Morgan fingerprint density at radius 1 is 1.22 bits per heavy atom. The van der Waals surface area contributed by atoms with Crippen molar-refractivity contribution in [3.8, 4) is 5.75 Å². The van der Waals surface area contributed by atoms with Crippen LogP contribution in [0, 0.1) is 6.92 Å². The van der Waals surface area contributed by atoms with Gasteiger partial charge in [0.15, 0.2) is 0 Å². The zero-order chi connectivity index (χ0) is 13.0. The molecule has 96 valence electrons. The molecule has 0 atom stereocenters. The summed E-state index contributed by atoms with van der Waals surface area (Å²) in [6, 6.07) is 8.25. The molecule has 1 heterocycles. The van der Waals surface area contributed by atoms with Crippen molar-refractivity contribution in [2.24, 2.45) is 5.73 Å². The lowest BCUT2D eigenvalue weighted by Crippen LogP contribution is -2.00. The normalized spacial score (nSPS) is 10.8. The van der Waals surface area contributed by atoms with Gasteiger partial charge in [0.1, 0.15) is 5.75 Å². The van der Waals surface area contributed by atoms with Gasteiger partial charge in [-0.05, 0) is 56.5 Å². The minimum absolute atomic E-state index is 0.760. The van der Waals surface area contributed by atoms with Crippen LogP contribution in [0.4, 0.5) is 0 Å². The zero-order valence-corrected chi connectivity index (χ0v) is 11.1. The molecule has 0 unspecified atom stereocenters. The summed E-state index contributed by atoms with van der Waals surface area (Å²) in [5.74, 6) is 0.855. The van der Waals surface area contributed by atoms with Crippen LogP contribution in [-0.4, -0.2) is 18.6 Å². The van der Waals surface area contributed by atoms with Gasteiger partial charge in [-0.2, -0.15) is 0 Å². The standard InChI is InChI=1S/C15H20N2O/c1-11-9-12(5-3-4-8-16)14-7-6-13(18-2)10-15(14)17-11/h6-7,9-10H,3-5,8,16H2,1-2H3.